The van der Waals surface area contributed by atoms with Gasteiger partial charge in [0.2, 0.25) is 0 Å². The van der Waals surface area contributed by atoms with E-state index in [-0.39, 0.29) is 23.6 Å². The molecule has 0 spiro atoms. The zero-order chi connectivity index (χ0) is 11.4. The van der Waals surface area contributed by atoms with E-state index in [1.807, 2.05) is 0 Å². The lowest BCUT2D eigenvalue weighted by Crippen LogP contribution is -2.17. The maximum atomic E-state index is 13.5. The maximum Gasteiger partial charge on any atom is 0.304 e. The summed E-state index contributed by atoms with van der Waals surface area (Å²) < 4.78 is 13.5. The molecule has 0 amide bonds. The molecule has 0 heterocycles. The first-order valence-electron chi connectivity index (χ1n) is 4.42. The molecule has 0 aromatic heterocycles. The van der Waals surface area contributed by atoms with Gasteiger partial charge in [0.15, 0.2) is 0 Å². The second-order valence-electron chi connectivity index (χ2n) is 3.17. The van der Waals surface area contributed by atoms with Crippen LogP contribution in [0.5, 0.6) is 0 Å². The number of carboxylic acids is 1. The fourth-order valence-corrected chi connectivity index (χ4v) is 1.55. The van der Waals surface area contributed by atoms with Crippen molar-refractivity contribution in [2.75, 3.05) is 6.54 Å². The molecule has 5 heteroatoms. The van der Waals surface area contributed by atoms with Gasteiger partial charge in [-0.15, -0.1) is 0 Å². The van der Waals surface area contributed by atoms with Crippen molar-refractivity contribution in [2.45, 2.75) is 12.3 Å². The van der Waals surface area contributed by atoms with Crippen LogP contribution in [0.4, 0.5) is 4.39 Å². The zero-order valence-corrected chi connectivity index (χ0v) is 8.67. The Morgan fingerprint density at radius 3 is 2.80 bits per heavy atom. The molecule has 0 bridgehead atoms. The summed E-state index contributed by atoms with van der Waals surface area (Å²) in [7, 11) is 0. The van der Waals surface area contributed by atoms with Crippen LogP contribution in [0, 0.1) is 5.82 Å². The molecular weight excluding hydrogens is 221 g/mol. The minimum absolute atomic E-state index is 0.0173. The number of halogens is 2. The number of hydrogen-bond acceptors (Lipinski definition) is 2. The van der Waals surface area contributed by atoms with Crippen molar-refractivity contribution < 1.29 is 14.3 Å². The summed E-state index contributed by atoms with van der Waals surface area (Å²) >= 11 is 5.59. The van der Waals surface area contributed by atoms with Crippen LogP contribution in [0.25, 0.3) is 0 Å². The third-order valence-corrected chi connectivity index (χ3v) is 2.42. The standard InChI is InChI=1S/C10H11ClFNO2/c11-8-3-1-2-7(10(8)12)6(5-13)4-9(14)15/h1-3,6H,4-5,13H2,(H,14,15). The smallest absolute Gasteiger partial charge is 0.304 e. The van der Waals surface area contributed by atoms with E-state index in [1.165, 1.54) is 12.1 Å². The summed E-state index contributed by atoms with van der Waals surface area (Å²) in [5.74, 6) is -2.14. The van der Waals surface area contributed by atoms with Gasteiger partial charge < -0.3 is 10.8 Å². The molecule has 15 heavy (non-hydrogen) atoms. The van der Waals surface area contributed by atoms with E-state index in [1.54, 1.807) is 6.07 Å². The van der Waals surface area contributed by atoms with Crippen molar-refractivity contribution in [2.24, 2.45) is 5.73 Å². The first kappa shape index (κ1) is 11.9. The SMILES string of the molecule is NCC(CC(=O)O)c1cccc(Cl)c1F. The van der Waals surface area contributed by atoms with Crippen LogP contribution in [0.2, 0.25) is 5.02 Å². The summed E-state index contributed by atoms with van der Waals surface area (Å²) in [6.45, 7) is 0.0730. The van der Waals surface area contributed by atoms with Gasteiger partial charge in [-0.2, -0.15) is 0 Å². The Hall–Kier alpha value is -1.13. The highest BCUT2D eigenvalue weighted by molar-refractivity contribution is 6.30. The van der Waals surface area contributed by atoms with Crippen molar-refractivity contribution >= 4 is 17.6 Å². The zero-order valence-electron chi connectivity index (χ0n) is 7.91. The van der Waals surface area contributed by atoms with Gasteiger partial charge in [0.25, 0.3) is 0 Å². The lowest BCUT2D eigenvalue weighted by atomic mass is 9.95. The highest BCUT2D eigenvalue weighted by Gasteiger charge is 2.18. The van der Waals surface area contributed by atoms with Crippen LogP contribution in [-0.4, -0.2) is 17.6 Å². The molecule has 82 valence electrons. The molecular formula is C10H11ClFNO2. The van der Waals surface area contributed by atoms with E-state index in [9.17, 15) is 9.18 Å². The topological polar surface area (TPSA) is 63.3 Å². The van der Waals surface area contributed by atoms with Crippen LogP contribution in [0.1, 0.15) is 17.9 Å². The Labute approximate surface area is 91.7 Å². The Bertz CT molecular complexity index is 370. The summed E-state index contributed by atoms with van der Waals surface area (Å²) in [6.07, 6.45) is -0.201. The van der Waals surface area contributed by atoms with Crippen molar-refractivity contribution in [3.63, 3.8) is 0 Å². The molecule has 0 saturated heterocycles. The molecule has 1 atom stereocenters. The van der Waals surface area contributed by atoms with E-state index >= 15 is 0 Å². The third kappa shape index (κ3) is 2.91. The fraction of sp³-hybridized carbons (Fsp3) is 0.300. The van der Waals surface area contributed by atoms with Crippen LogP contribution in [-0.2, 0) is 4.79 Å². The normalized spacial score (nSPS) is 12.5. The number of carboxylic acid groups (broad SMARTS) is 1. The Morgan fingerprint density at radius 1 is 1.60 bits per heavy atom. The molecule has 1 aromatic rings. The van der Waals surface area contributed by atoms with E-state index in [2.05, 4.69) is 0 Å². The van der Waals surface area contributed by atoms with Crippen molar-refractivity contribution in [3.05, 3.63) is 34.6 Å². The van der Waals surface area contributed by atoms with Gasteiger partial charge in [-0.25, -0.2) is 4.39 Å². The number of hydrogen-bond donors (Lipinski definition) is 2. The van der Waals surface area contributed by atoms with Crippen LogP contribution < -0.4 is 5.73 Å². The number of benzene rings is 1. The minimum atomic E-state index is -1.01. The largest absolute Gasteiger partial charge is 0.481 e. The summed E-state index contributed by atoms with van der Waals surface area (Å²) in [5.41, 5.74) is 5.66. The third-order valence-electron chi connectivity index (χ3n) is 2.13. The Morgan fingerprint density at radius 2 is 2.27 bits per heavy atom. The number of carbonyl (C=O) groups is 1. The second-order valence-corrected chi connectivity index (χ2v) is 3.58. The van der Waals surface area contributed by atoms with Crippen LogP contribution in [0.3, 0.4) is 0 Å². The van der Waals surface area contributed by atoms with Crippen molar-refractivity contribution in [3.8, 4) is 0 Å². The molecule has 0 radical (unpaired) electrons. The van der Waals surface area contributed by atoms with E-state index < -0.39 is 17.7 Å². The average Bonchev–Trinajstić information content (AvgIpc) is 2.19. The van der Waals surface area contributed by atoms with Crippen LogP contribution >= 0.6 is 11.6 Å². The lowest BCUT2D eigenvalue weighted by Gasteiger charge is -2.13. The molecule has 0 aliphatic rings. The van der Waals surface area contributed by atoms with Crippen molar-refractivity contribution in [1.29, 1.82) is 0 Å². The van der Waals surface area contributed by atoms with Gasteiger partial charge in [0.1, 0.15) is 5.82 Å². The number of nitrogens with two attached hydrogens (primary N) is 1. The van der Waals surface area contributed by atoms with E-state index in [4.69, 9.17) is 22.4 Å². The molecule has 3 nitrogen and oxygen atoms in total. The number of rotatable bonds is 4. The monoisotopic (exact) mass is 231 g/mol. The number of aliphatic carboxylic acids is 1. The highest BCUT2D eigenvalue weighted by atomic mass is 35.5. The second kappa shape index (κ2) is 5.09. The van der Waals surface area contributed by atoms with Gasteiger partial charge in [-0.05, 0) is 18.2 Å². The molecule has 1 rings (SSSR count). The Balaban J connectivity index is 3.01. The van der Waals surface area contributed by atoms with Gasteiger partial charge in [0.05, 0.1) is 11.4 Å². The predicted octanol–water partition coefficient (Wildman–Crippen LogP) is 2.00. The summed E-state index contributed by atoms with van der Waals surface area (Å²) in [6, 6.07) is 4.49. The van der Waals surface area contributed by atoms with Crippen LogP contribution in [0.15, 0.2) is 18.2 Å². The molecule has 0 saturated carbocycles. The molecule has 3 N–H and O–H groups in total. The highest BCUT2D eigenvalue weighted by Crippen LogP contribution is 2.26. The summed E-state index contributed by atoms with van der Waals surface area (Å²) in [4.78, 5) is 10.5. The van der Waals surface area contributed by atoms with Gasteiger partial charge >= 0.3 is 5.97 Å². The lowest BCUT2D eigenvalue weighted by molar-refractivity contribution is -0.137. The van der Waals surface area contributed by atoms with Gasteiger partial charge in [-0.1, -0.05) is 23.7 Å². The average molecular weight is 232 g/mol. The van der Waals surface area contributed by atoms with Gasteiger partial charge in [0, 0.05) is 5.92 Å². The van der Waals surface area contributed by atoms with Gasteiger partial charge in [-0.3, -0.25) is 4.79 Å². The maximum absolute atomic E-state index is 13.5. The molecule has 0 aliphatic heterocycles. The summed E-state index contributed by atoms with van der Waals surface area (Å²) in [5, 5.41) is 8.61. The first-order valence-corrected chi connectivity index (χ1v) is 4.79. The first-order chi connectivity index (χ1) is 7.06. The Kier molecular flexibility index (Phi) is 4.05. The molecule has 1 aromatic carbocycles. The van der Waals surface area contributed by atoms with E-state index in [0.717, 1.165) is 0 Å². The quantitative estimate of drug-likeness (QED) is 0.833. The van der Waals surface area contributed by atoms with E-state index in [0.29, 0.717) is 0 Å². The minimum Gasteiger partial charge on any atom is -0.481 e. The predicted molar refractivity (Wildman–Crippen MR) is 55.5 cm³/mol. The fourth-order valence-electron chi connectivity index (χ4n) is 1.37. The molecule has 0 aliphatic carbocycles. The van der Waals surface area contributed by atoms with Crippen molar-refractivity contribution in [1.82, 2.24) is 0 Å². The molecule has 0 fully saturated rings. The molecule has 1 unspecified atom stereocenters.